The van der Waals surface area contributed by atoms with E-state index in [-0.39, 0.29) is 9.64 Å². The Hall–Kier alpha value is -0.760. The molecule has 0 unspecified atom stereocenters. The van der Waals surface area contributed by atoms with Gasteiger partial charge in [0.05, 0.1) is 9.40 Å². The molecule has 2 rings (SSSR count). The van der Waals surface area contributed by atoms with Crippen LogP contribution < -0.4 is 10.6 Å². The van der Waals surface area contributed by atoms with Gasteiger partial charge in [0.2, 0.25) is 10.0 Å². The van der Waals surface area contributed by atoms with Crippen molar-refractivity contribution < 1.29 is 8.42 Å². The van der Waals surface area contributed by atoms with Crippen LogP contribution in [0.5, 0.6) is 0 Å². The van der Waals surface area contributed by atoms with Gasteiger partial charge in [-0.25, -0.2) is 13.6 Å². The molecule has 7 heteroatoms. The molecule has 0 saturated heterocycles. The Kier molecular flexibility index (Phi) is 2.42. The minimum atomic E-state index is -3.73. The van der Waals surface area contributed by atoms with Gasteiger partial charge >= 0.3 is 0 Å². The Bertz CT molecular complexity index is 681. The molecule has 0 atom stereocenters. The molecule has 0 spiro atoms. The van der Waals surface area contributed by atoms with E-state index in [1.807, 2.05) is 0 Å². The summed E-state index contributed by atoms with van der Waals surface area (Å²) in [4.78, 5) is 11.5. The number of thiophene rings is 1. The topological polar surface area (TPSA) is 77.2 Å². The molecule has 0 aliphatic heterocycles. The standard InChI is InChI=1S/C8H7NO3S3/c1-4-6-5(10)2-3-13-7(6)14-8(4)15(9,11)12/h2-3H,1H3,(H2,9,11,12). The van der Waals surface area contributed by atoms with E-state index in [2.05, 4.69) is 0 Å². The van der Waals surface area contributed by atoms with E-state index in [4.69, 9.17) is 5.14 Å². The van der Waals surface area contributed by atoms with Crippen LogP contribution in [0.25, 0.3) is 9.40 Å². The number of sulfonamides is 1. The van der Waals surface area contributed by atoms with Crippen LogP contribution in [0.1, 0.15) is 5.56 Å². The van der Waals surface area contributed by atoms with Gasteiger partial charge in [-0.15, -0.1) is 22.7 Å². The number of rotatable bonds is 1. The van der Waals surface area contributed by atoms with E-state index in [1.165, 1.54) is 17.4 Å². The molecule has 15 heavy (non-hydrogen) atoms. The van der Waals surface area contributed by atoms with E-state index in [0.717, 1.165) is 11.3 Å². The molecule has 80 valence electrons. The highest BCUT2D eigenvalue weighted by atomic mass is 32.2. The second kappa shape index (κ2) is 3.38. The zero-order valence-electron chi connectivity index (χ0n) is 7.68. The summed E-state index contributed by atoms with van der Waals surface area (Å²) in [5, 5.41) is 7.17. The van der Waals surface area contributed by atoms with Gasteiger partial charge < -0.3 is 0 Å². The van der Waals surface area contributed by atoms with Crippen molar-refractivity contribution in [3.8, 4) is 0 Å². The van der Waals surface area contributed by atoms with Gasteiger partial charge in [0.1, 0.15) is 4.21 Å². The second-order valence-corrected chi connectivity index (χ2v) is 6.96. The first-order valence-corrected chi connectivity index (χ1v) is 7.19. The summed E-state index contributed by atoms with van der Waals surface area (Å²) < 4.78 is 23.2. The predicted octanol–water partition coefficient (Wildman–Crippen LogP) is 1.28. The summed E-state index contributed by atoms with van der Waals surface area (Å²) in [6, 6.07) is 1.43. The fraction of sp³-hybridized carbons (Fsp3) is 0.125. The monoisotopic (exact) mass is 261 g/mol. The molecule has 0 aliphatic rings. The van der Waals surface area contributed by atoms with E-state index >= 15 is 0 Å². The summed E-state index contributed by atoms with van der Waals surface area (Å²) in [5.74, 6) is 0. The first-order valence-electron chi connectivity index (χ1n) is 3.95. The number of aryl methyl sites for hydroxylation is 1. The molecule has 0 bridgehead atoms. The van der Waals surface area contributed by atoms with Crippen LogP contribution in [0.15, 0.2) is 20.5 Å². The lowest BCUT2D eigenvalue weighted by Crippen LogP contribution is -2.11. The first-order chi connectivity index (χ1) is 6.91. The largest absolute Gasteiger partial charge is 0.289 e. The molecular weight excluding hydrogens is 254 g/mol. The summed E-state index contributed by atoms with van der Waals surface area (Å²) in [7, 11) is -3.73. The van der Waals surface area contributed by atoms with Crippen LogP contribution in [-0.2, 0) is 10.0 Å². The van der Waals surface area contributed by atoms with Gasteiger partial charge in [-0.05, 0) is 23.9 Å². The van der Waals surface area contributed by atoms with Gasteiger partial charge in [0, 0.05) is 0 Å². The van der Waals surface area contributed by atoms with Crippen molar-refractivity contribution in [2.24, 2.45) is 5.14 Å². The van der Waals surface area contributed by atoms with Gasteiger partial charge in [-0.3, -0.25) is 4.79 Å². The van der Waals surface area contributed by atoms with Crippen LogP contribution in [0.4, 0.5) is 0 Å². The zero-order valence-corrected chi connectivity index (χ0v) is 10.1. The minimum Gasteiger partial charge on any atom is -0.289 e. The molecule has 0 amide bonds. The maximum Gasteiger partial charge on any atom is 0.247 e. The highest BCUT2D eigenvalue weighted by Gasteiger charge is 2.19. The molecule has 0 aliphatic carbocycles. The Morgan fingerprint density at radius 3 is 2.60 bits per heavy atom. The van der Waals surface area contributed by atoms with Gasteiger partial charge in [0.15, 0.2) is 5.43 Å². The van der Waals surface area contributed by atoms with Crippen molar-refractivity contribution in [1.82, 2.24) is 0 Å². The molecule has 0 saturated carbocycles. The highest BCUT2D eigenvalue weighted by Crippen LogP contribution is 2.33. The lowest BCUT2D eigenvalue weighted by Gasteiger charge is -1.93. The molecule has 0 fully saturated rings. The van der Waals surface area contributed by atoms with Crippen molar-refractivity contribution >= 4 is 42.1 Å². The molecule has 2 aromatic heterocycles. The van der Waals surface area contributed by atoms with E-state index in [1.54, 1.807) is 12.3 Å². The van der Waals surface area contributed by atoms with Crippen LogP contribution >= 0.6 is 22.7 Å². The van der Waals surface area contributed by atoms with Crippen molar-refractivity contribution in [3.63, 3.8) is 0 Å². The normalized spacial score (nSPS) is 12.1. The summed E-state index contributed by atoms with van der Waals surface area (Å²) >= 11 is 2.39. The number of fused-ring (bicyclic) bond motifs is 1. The quantitative estimate of drug-likeness (QED) is 0.840. The van der Waals surface area contributed by atoms with Crippen LogP contribution in [0.3, 0.4) is 0 Å². The fourth-order valence-corrected chi connectivity index (χ4v) is 4.82. The van der Waals surface area contributed by atoms with Gasteiger partial charge in [-0.1, -0.05) is 0 Å². The highest BCUT2D eigenvalue weighted by molar-refractivity contribution is 7.91. The first kappa shape index (κ1) is 10.7. The smallest absolute Gasteiger partial charge is 0.247 e. The lowest BCUT2D eigenvalue weighted by atomic mass is 10.2. The number of hydrogen-bond donors (Lipinski definition) is 1. The molecule has 0 radical (unpaired) electrons. The molecule has 2 aromatic rings. The zero-order chi connectivity index (χ0) is 11.2. The SMILES string of the molecule is Cc1c(S(N)(=O)=O)sc2sccc(=O)c12. The third kappa shape index (κ3) is 1.71. The lowest BCUT2D eigenvalue weighted by molar-refractivity contribution is 0.599. The van der Waals surface area contributed by atoms with Crippen LogP contribution in [0, 0.1) is 6.92 Å². The average molecular weight is 261 g/mol. The maximum absolute atomic E-state index is 11.5. The van der Waals surface area contributed by atoms with Crippen LogP contribution in [-0.4, -0.2) is 8.42 Å². The molecule has 4 nitrogen and oxygen atoms in total. The Morgan fingerprint density at radius 2 is 2.07 bits per heavy atom. The Balaban J connectivity index is 3.01. The van der Waals surface area contributed by atoms with Crippen molar-refractivity contribution in [2.45, 2.75) is 11.1 Å². The van der Waals surface area contributed by atoms with Crippen molar-refractivity contribution in [1.29, 1.82) is 0 Å². The number of hydrogen-bond acceptors (Lipinski definition) is 5. The Labute approximate surface area is 94.0 Å². The third-order valence-corrected chi connectivity index (χ3v) is 5.85. The fourth-order valence-electron chi connectivity index (χ4n) is 1.35. The van der Waals surface area contributed by atoms with E-state index < -0.39 is 10.0 Å². The summed E-state index contributed by atoms with van der Waals surface area (Å²) in [6.07, 6.45) is 0. The van der Waals surface area contributed by atoms with Crippen LogP contribution in [0.2, 0.25) is 0 Å². The van der Waals surface area contributed by atoms with Crippen molar-refractivity contribution in [3.05, 3.63) is 27.2 Å². The molecule has 2 N–H and O–H groups in total. The van der Waals surface area contributed by atoms with Crippen molar-refractivity contribution in [2.75, 3.05) is 0 Å². The average Bonchev–Trinajstić information content (AvgIpc) is 2.44. The molecular formula is C8H7NO3S3. The van der Waals surface area contributed by atoms with E-state index in [0.29, 0.717) is 15.0 Å². The maximum atomic E-state index is 11.5. The van der Waals surface area contributed by atoms with E-state index in [9.17, 15) is 13.2 Å². The summed E-state index contributed by atoms with van der Waals surface area (Å²) in [5.41, 5.74) is 0.298. The number of primary sulfonamides is 1. The molecule has 0 aromatic carbocycles. The summed E-state index contributed by atoms with van der Waals surface area (Å²) in [6.45, 7) is 1.60. The Morgan fingerprint density at radius 1 is 1.40 bits per heavy atom. The third-order valence-electron chi connectivity index (χ3n) is 1.97. The minimum absolute atomic E-state index is 0.0806. The second-order valence-electron chi connectivity index (χ2n) is 3.01. The number of nitrogens with two attached hydrogens (primary N) is 1. The molecule has 2 heterocycles. The van der Waals surface area contributed by atoms with Gasteiger partial charge in [0.25, 0.3) is 0 Å². The predicted molar refractivity (Wildman–Crippen MR) is 62.1 cm³/mol. The van der Waals surface area contributed by atoms with Gasteiger partial charge in [-0.2, -0.15) is 0 Å².